The van der Waals surface area contributed by atoms with Crippen LogP contribution in [0.25, 0.3) is 0 Å². The summed E-state index contributed by atoms with van der Waals surface area (Å²) in [4.78, 5) is 0. The first-order valence-electron chi connectivity index (χ1n) is 0.333. The van der Waals surface area contributed by atoms with E-state index in [9.17, 15) is 0 Å². The SMILES string of the molecule is NN.[Cl-].[Cl-].[Ni+2]. The second-order valence-electron chi connectivity index (χ2n) is 0. The van der Waals surface area contributed by atoms with Gasteiger partial charge in [-0.15, -0.1) is 0 Å². The Hall–Kier alpha value is 0.994. The van der Waals surface area contributed by atoms with E-state index in [0.29, 0.717) is 0 Å². The quantitative estimate of drug-likeness (QED) is 0.211. The van der Waals surface area contributed by atoms with Crippen molar-refractivity contribution in [2.75, 3.05) is 0 Å². The third-order valence-electron chi connectivity index (χ3n) is 0. The molecule has 0 aliphatic heterocycles. The third kappa shape index (κ3) is 45.3. The van der Waals surface area contributed by atoms with Crippen LogP contribution in [0, 0.1) is 0 Å². The maximum absolute atomic E-state index is 4.00. The molecule has 0 radical (unpaired) electrons. The van der Waals surface area contributed by atoms with Crippen LogP contribution in [0.15, 0.2) is 0 Å². The number of hydrogen-bond donors (Lipinski definition) is 2. The van der Waals surface area contributed by atoms with Crippen LogP contribution in [0.4, 0.5) is 0 Å². The maximum atomic E-state index is 4.00. The molecule has 4 N–H and O–H groups in total. The molecule has 0 saturated heterocycles. The summed E-state index contributed by atoms with van der Waals surface area (Å²) in [5.41, 5.74) is 0. The Morgan fingerprint density at radius 1 is 0.800 bits per heavy atom. The summed E-state index contributed by atoms with van der Waals surface area (Å²) in [5.74, 6) is 8.00. The topological polar surface area (TPSA) is 52.0 Å². The van der Waals surface area contributed by atoms with Crippen LogP contribution in [0.2, 0.25) is 0 Å². The summed E-state index contributed by atoms with van der Waals surface area (Å²) in [5, 5.41) is 0. The van der Waals surface area contributed by atoms with E-state index in [2.05, 4.69) is 11.7 Å². The summed E-state index contributed by atoms with van der Waals surface area (Å²) < 4.78 is 0. The molecular weight excluding hydrogens is 158 g/mol. The van der Waals surface area contributed by atoms with E-state index < -0.39 is 0 Å². The van der Waals surface area contributed by atoms with E-state index in [0.717, 1.165) is 0 Å². The van der Waals surface area contributed by atoms with Crippen LogP contribution in [-0.2, 0) is 16.5 Å². The van der Waals surface area contributed by atoms with Gasteiger partial charge in [-0.1, -0.05) is 0 Å². The molecule has 0 aliphatic rings. The van der Waals surface area contributed by atoms with Crippen molar-refractivity contribution in [3.8, 4) is 0 Å². The van der Waals surface area contributed by atoms with Gasteiger partial charge in [-0.05, 0) is 0 Å². The molecule has 0 aromatic heterocycles. The van der Waals surface area contributed by atoms with E-state index in [1.807, 2.05) is 0 Å². The van der Waals surface area contributed by atoms with E-state index >= 15 is 0 Å². The van der Waals surface area contributed by atoms with E-state index in [1.165, 1.54) is 0 Å². The van der Waals surface area contributed by atoms with Gasteiger partial charge in [0.1, 0.15) is 0 Å². The number of rotatable bonds is 0. The van der Waals surface area contributed by atoms with Crippen LogP contribution < -0.4 is 36.5 Å². The van der Waals surface area contributed by atoms with Crippen molar-refractivity contribution < 1.29 is 41.3 Å². The molecule has 0 spiro atoms. The maximum Gasteiger partial charge on any atom is 2.00 e. The fourth-order valence-corrected chi connectivity index (χ4v) is 0. The molecular formula is H4Cl2N2Ni. The second-order valence-corrected chi connectivity index (χ2v) is 0. The standard InChI is InChI=1S/2ClH.H4N2.Ni/c;;1-2;/h2*1H;1-2H2;/q;;;+2/p-2. The van der Waals surface area contributed by atoms with Gasteiger partial charge < -0.3 is 24.8 Å². The number of nitrogens with two attached hydrogens (primary N) is 2. The molecule has 0 amide bonds. The Bertz CT molecular complexity index is 7.61. The molecule has 0 heterocycles. The summed E-state index contributed by atoms with van der Waals surface area (Å²) in [6.45, 7) is 0. The smallest absolute Gasteiger partial charge is 1.00 e. The minimum absolute atomic E-state index is 0. The Kier molecular flexibility index (Phi) is 607. The average Bonchev–Trinajstić information content (AvgIpc) is 1.00. The van der Waals surface area contributed by atoms with Gasteiger partial charge in [0.25, 0.3) is 0 Å². The molecule has 0 bridgehead atoms. The molecule has 0 saturated carbocycles. The second kappa shape index (κ2) is 80.7. The number of hydrogen-bond acceptors (Lipinski definition) is 2. The molecule has 0 aromatic rings. The average molecular weight is 162 g/mol. The number of hydrazine groups is 1. The molecule has 0 rings (SSSR count). The molecule has 0 aliphatic carbocycles. The van der Waals surface area contributed by atoms with Gasteiger partial charge in [-0.25, -0.2) is 0 Å². The first-order valence-corrected chi connectivity index (χ1v) is 0.333. The summed E-state index contributed by atoms with van der Waals surface area (Å²) in [7, 11) is 0. The van der Waals surface area contributed by atoms with E-state index in [4.69, 9.17) is 0 Å². The Balaban J connectivity index is -0.00000000167. The van der Waals surface area contributed by atoms with Crippen molar-refractivity contribution in [2.24, 2.45) is 11.7 Å². The minimum atomic E-state index is 0. The zero-order chi connectivity index (χ0) is 2.00. The molecule has 38 valence electrons. The molecule has 5 heteroatoms. The monoisotopic (exact) mass is 160 g/mol. The van der Waals surface area contributed by atoms with Crippen molar-refractivity contribution in [1.82, 2.24) is 0 Å². The van der Waals surface area contributed by atoms with E-state index in [1.54, 1.807) is 0 Å². The first-order chi connectivity index (χ1) is 1.00. The van der Waals surface area contributed by atoms with Gasteiger partial charge >= 0.3 is 16.5 Å². The minimum Gasteiger partial charge on any atom is -1.00 e. The number of halogens is 2. The van der Waals surface area contributed by atoms with Crippen LogP contribution in [0.1, 0.15) is 0 Å². The Morgan fingerprint density at radius 2 is 0.800 bits per heavy atom. The summed E-state index contributed by atoms with van der Waals surface area (Å²) in [6.07, 6.45) is 0. The zero-order valence-electron chi connectivity index (χ0n) is 2.23. The fraction of sp³-hybridized carbons (Fsp3) is 0. The van der Waals surface area contributed by atoms with Gasteiger partial charge in [0.15, 0.2) is 0 Å². The van der Waals surface area contributed by atoms with Gasteiger partial charge in [0.2, 0.25) is 0 Å². The third-order valence-corrected chi connectivity index (χ3v) is 0. The van der Waals surface area contributed by atoms with Crippen LogP contribution >= 0.6 is 0 Å². The zero-order valence-corrected chi connectivity index (χ0v) is 4.73. The van der Waals surface area contributed by atoms with Crippen molar-refractivity contribution in [1.29, 1.82) is 0 Å². The molecule has 5 heavy (non-hydrogen) atoms. The van der Waals surface area contributed by atoms with E-state index in [-0.39, 0.29) is 41.3 Å². The Labute approximate surface area is 53.4 Å². The van der Waals surface area contributed by atoms with Crippen LogP contribution in [0.5, 0.6) is 0 Å². The van der Waals surface area contributed by atoms with Crippen molar-refractivity contribution in [2.45, 2.75) is 0 Å². The van der Waals surface area contributed by atoms with Gasteiger partial charge in [0.05, 0.1) is 0 Å². The van der Waals surface area contributed by atoms with Crippen molar-refractivity contribution >= 4 is 0 Å². The molecule has 2 nitrogen and oxygen atoms in total. The predicted octanol–water partition coefficient (Wildman–Crippen LogP) is -7.18. The summed E-state index contributed by atoms with van der Waals surface area (Å²) >= 11 is 0. The first kappa shape index (κ1) is 37.6. The van der Waals surface area contributed by atoms with Gasteiger partial charge in [-0.3, -0.25) is 11.7 Å². The van der Waals surface area contributed by atoms with Crippen molar-refractivity contribution in [3.05, 3.63) is 0 Å². The Morgan fingerprint density at radius 3 is 0.800 bits per heavy atom. The molecule has 0 unspecified atom stereocenters. The molecule has 0 atom stereocenters. The molecule has 0 aromatic carbocycles. The fourth-order valence-electron chi connectivity index (χ4n) is 0. The predicted molar refractivity (Wildman–Crippen MR) is 8.37 cm³/mol. The summed E-state index contributed by atoms with van der Waals surface area (Å²) in [6, 6.07) is 0. The molecule has 0 fully saturated rings. The van der Waals surface area contributed by atoms with Crippen LogP contribution in [-0.4, -0.2) is 0 Å². The normalized spacial score (nSPS) is 1.20. The largest absolute Gasteiger partial charge is 2.00 e. The van der Waals surface area contributed by atoms with Gasteiger partial charge in [0, 0.05) is 0 Å². The van der Waals surface area contributed by atoms with Gasteiger partial charge in [-0.2, -0.15) is 0 Å². The van der Waals surface area contributed by atoms with Crippen molar-refractivity contribution in [3.63, 3.8) is 0 Å². The van der Waals surface area contributed by atoms with Crippen LogP contribution in [0.3, 0.4) is 0 Å².